The van der Waals surface area contributed by atoms with E-state index in [1.165, 1.54) is 0 Å². The van der Waals surface area contributed by atoms with Crippen molar-refractivity contribution in [1.29, 1.82) is 0 Å². The van der Waals surface area contributed by atoms with E-state index in [1.54, 1.807) is 18.2 Å². The first-order valence-corrected chi connectivity index (χ1v) is 5.42. The molecule has 0 aliphatic heterocycles. The summed E-state index contributed by atoms with van der Waals surface area (Å²) in [4.78, 5) is 22.8. The monoisotopic (exact) mass is 271 g/mol. The number of hydrogen-bond donors (Lipinski definition) is 1. The molecule has 7 heteroatoms. The minimum Gasteiger partial charge on any atom is -0.267 e. The molecule has 0 saturated heterocycles. The second-order valence-corrected chi connectivity index (χ2v) is 4.18. The van der Waals surface area contributed by atoms with Crippen LogP contribution in [-0.4, -0.2) is 14.8 Å². The van der Waals surface area contributed by atoms with Crippen LogP contribution in [0.5, 0.6) is 0 Å². The topological polar surface area (TPSA) is 67.8 Å². The molecule has 2 rings (SSSR count). The lowest BCUT2D eigenvalue weighted by Gasteiger charge is -2.05. The Balaban J connectivity index is 2.45. The fraction of sp³-hybridized carbons (Fsp3) is 0.100. The lowest BCUT2D eigenvalue weighted by molar-refractivity contribution is 0.667. The Morgan fingerprint density at radius 2 is 2.06 bits per heavy atom. The third-order valence-electron chi connectivity index (χ3n) is 2.19. The van der Waals surface area contributed by atoms with Crippen LogP contribution in [0.4, 0.5) is 0 Å². The van der Waals surface area contributed by atoms with Crippen molar-refractivity contribution in [3.63, 3.8) is 0 Å². The number of aromatic amines is 1. The van der Waals surface area contributed by atoms with Gasteiger partial charge in [0.05, 0.1) is 6.54 Å². The molecule has 1 heterocycles. The molecule has 0 saturated carbocycles. The number of hydrogen-bond acceptors (Lipinski definition) is 3. The Morgan fingerprint density at radius 1 is 1.29 bits per heavy atom. The summed E-state index contributed by atoms with van der Waals surface area (Å²) in [7, 11) is 0. The molecular formula is C10H7Cl2N3O2. The summed E-state index contributed by atoms with van der Waals surface area (Å²) in [5, 5.41) is 6.48. The number of benzene rings is 1. The largest absolute Gasteiger partial charge is 0.345 e. The highest BCUT2D eigenvalue weighted by Gasteiger charge is 2.06. The predicted octanol–water partition coefficient (Wildman–Crippen LogP) is 1.29. The molecule has 1 N–H and O–H groups in total. The summed E-state index contributed by atoms with van der Waals surface area (Å²) in [6.45, 7) is 0.0761. The fourth-order valence-corrected chi connectivity index (χ4v) is 1.81. The van der Waals surface area contributed by atoms with Crippen molar-refractivity contribution < 1.29 is 0 Å². The molecule has 0 radical (unpaired) electrons. The number of halogens is 2. The van der Waals surface area contributed by atoms with E-state index in [1.807, 2.05) is 0 Å². The molecule has 0 amide bonds. The first kappa shape index (κ1) is 11.9. The third-order valence-corrected chi connectivity index (χ3v) is 2.78. The zero-order chi connectivity index (χ0) is 12.4. The van der Waals surface area contributed by atoms with Crippen molar-refractivity contribution in [3.8, 4) is 0 Å². The standard InChI is InChI=1S/C10H7Cl2N3O2/c11-7-2-1-6(8(12)3-7)5-15-9(16)4-13-14-10(15)17/h1-4H,5H2,(H,14,17). The Hall–Kier alpha value is -1.59. The summed E-state index contributed by atoms with van der Waals surface area (Å²) in [6.07, 6.45) is 1.03. The van der Waals surface area contributed by atoms with E-state index >= 15 is 0 Å². The van der Waals surface area contributed by atoms with E-state index in [4.69, 9.17) is 23.2 Å². The quantitative estimate of drug-likeness (QED) is 0.895. The van der Waals surface area contributed by atoms with Crippen LogP contribution in [-0.2, 0) is 6.54 Å². The van der Waals surface area contributed by atoms with E-state index in [0.29, 0.717) is 15.6 Å². The first-order chi connectivity index (χ1) is 8.08. The van der Waals surface area contributed by atoms with Crippen LogP contribution >= 0.6 is 23.2 Å². The minimum atomic E-state index is -0.580. The average Bonchev–Trinajstić information content (AvgIpc) is 2.26. The Morgan fingerprint density at radius 3 is 2.71 bits per heavy atom. The maximum Gasteiger partial charge on any atom is 0.345 e. The molecule has 5 nitrogen and oxygen atoms in total. The van der Waals surface area contributed by atoms with Crippen molar-refractivity contribution in [2.24, 2.45) is 0 Å². The molecule has 0 fully saturated rings. The molecule has 0 aliphatic carbocycles. The van der Waals surface area contributed by atoms with Crippen LogP contribution in [0.25, 0.3) is 0 Å². The summed E-state index contributed by atoms with van der Waals surface area (Å²) < 4.78 is 1.00. The van der Waals surface area contributed by atoms with Gasteiger partial charge in [-0.2, -0.15) is 5.10 Å². The van der Waals surface area contributed by atoms with Crippen LogP contribution in [0, 0.1) is 0 Å². The Kier molecular flexibility index (Phi) is 3.31. The maximum absolute atomic E-state index is 11.4. The zero-order valence-electron chi connectivity index (χ0n) is 8.48. The molecule has 1 aromatic carbocycles. The van der Waals surface area contributed by atoms with Crippen molar-refractivity contribution in [3.05, 3.63) is 60.8 Å². The SMILES string of the molecule is O=c1cn[nH]c(=O)n1Cc1ccc(Cl)cc1Cl. The smallest absolute Gasteiger partial charge is 0.267 e. The van der Waals surface area contributed by atoms with Gasteiger partial charge in [-0.3, -0.25) is 9.36 Å². The van der Waals surface area contributed by atoms with Crippen LogP contribution < -0.4 is 11.2 Å². The minimum absolute atomic E-state index is 0.0761. The van der Waals surface area contributed by atoms with Gasteiger partial charge in [-0.15, -0.1) is 0 Å². The fourth-order valence-electron chi connectivity index (χ4n) is 1.34. The second-order valence-electron chi connectivity index (χ2n) is 3.34. The molecule has 0 atom stereocenters. The van der Waals surface area contributed by atoms with E-state index in [9.17, 15) is 9.59 Å². The van der Waals surface area contributed by atoms with E-state index in [0.717, 1.165) is 10.8 Å². The van der Waals surface area contributed by atoms with Crippen molar-refractivity contribution in [2.45, 2.75) is 6.54 Å². The number of rotatable bonds is 2. The van der Waals surface area contributed by atoms with Gasteiger partial charge in [0.1, 0.15) is 6.20 Å². The van der Waals surface area contributed by atoms with Gasteiger partial charge < -0.3 is 0 Å². The van der Waals surface area contributed by atoms with Crippen molar-refractivity contribution in [1.82, 2.24) is 14.8 Å². The maximum atomic E-state index is 11.4. The number of nitrogens with zero attached hydrogens (tertiary/aromatic N) is 2. The molecule has 17 heavy (non-hydrogen) atoms. The Labute approximate surface area is 106 Å². The molecule has 0 spiro atoms. The summed E-state index contributed by atoms with van der Waals surface area (Å²) in [5.74, 6) is 0. The lowest BCUT2D eigenvalue weighted by atomic mass is 10.2. The highest BCUT2D eigenvalue weighted by molar-refractivity contribution is 6.35. The van der Waals surface area contributed by atoms with Crippen molar-refractivity contribution in [2.75, 3.05) is 0 Å². The van der Waals surface area contributed by atoms with E-state index < -0.39 is 11.2 Å². The predicted molar refractivity (Wildman–Crippen MR) is 64.7 cm³/mol. The van der Waals surface area contributed by atoms with Crippen LogP contribution in [0.3, 0.4) is 0 Å². The average molecular weight is 272 g/mol. The van der Waals surface area contributed by atoms with Crippen molar-refractivity contribution >= 4 is 23.2 Å². The molecule has 1 aromatic heterocycles. The zero-order valence-corrected chi connectivity index (χ0v) is 10.00. The Bertz CT molecular complexity index is 635. The lowest BCUT2D eigenvalue weighted by Crippen LogP contribution is -2.35. The summed E-state index contributed by atoms with van der Waals surface area (Å²) >= 11 is 11.7. The number of H-pyrrole nitrogens is 1. The number of aromatic nitrogens is 3. The summed E-state index contributed by atoms with van der Waals surface area (Å²) in [5.41, 5.74) is -0.432. The molecule has 88 valence electrons. The van der Waals surface area contributed by atoms with Gasteiger partial charge in [0.25, 0.3) is 5.56 Å². The first-order valence-electron chi connectivity index (χ1n) is 4.66. The molecule has 2 aromatic rings. The highest BCUT2D eigenvalue weighted by atomic mass is 35.5. The highest BCUT2D eigenvalue weighted by Crippen LogP contribution is 2.20. The van der Waals surface area contributed by atoms with Gasteiger partial charge in [-0.05, 0) is 17.7 Å². The number of nitrogens with one attached hydrogen (secondary N) is 1. The van der Waals surface area contributed by atoms with Gasteiger partial charge in [-0.25, -0.2) is 9.89 Å². The van der Waals surface area contributed by atoms with Crippen LogP contribution in [0.1, 0.15) is 5.56 Å². The second kappa shape index (κ2) is 4.73. The summed E-state index contributed by atoms with van der Waals surface area (Å²) in [6, 6.07) is 4.86. The van der Waals surface area contributed by atoms with E-state index in [-0.39, 0.29) is 6.54 Å². The molecule has 0 bridgehead atoms. The van der Waals surface area contributed by atoms with Gasteiger partial charge in [0.2, 0.25) is 0 Å². The van der Waals surface area contributed by atoms with E-state index in [2.05, 4.69) is 10.2 Å². The van der Waals surface area contributed by atoms with Crippen LogP contribution in [0.15, 0.2) is 34.0 Å². The van der Waals surface area contributed by atoms with Gasteiger partial charge in [0, 0.05) is 10.0 Å². The van der Waals surface area contributed by atoms with Gasteiger partial charge in [-0.1, -0.05) is 29.3 Å². The molecule has 0 aliphatic rings. The van der Waals surface area contributed by atoms with Gasteiger partial charge in [0.15, 0.2) is 0 Å². The van der Waals surface area contributed by atoms with Gasteiger partial charge >= 0.3 is 5.69 Å². The molecular weight excluding hydrogens is 265 g/mol. The normalized spacial score (nSPS) is 10.5. The third kappa shape index (κ3) is 2.57. The van der Waals surface area contributed by atoms with Crippen LogP contribution in [0.2, 0.25) is 10.0 Å². The molecule has 0 unspecified atom stereocenters.